The molecule has 7 heteroatoms. The van der Waals surface area contributed by atoms with E-state index in [1.54, 1.807) is 10.9 Å². The van der Waals surface area contributed by atoms with Crippen molar-refractivity contribution in [1.82, 2.24) is 19.4 Å². The van der Waals surface area contributed by atoms with Gasteiger partial charge in [0, 0.05) is 39.3 Å². The van der Waals surface area contributed by atoms with Gasteiger partial charge in [-0.3, -0.25) is 19.1 Å². The van der Waals surface area contributed by atoms with E-state index in [-0.39, 0.29) is 11.5 Å². The quantitative estimate of drug-likeness (QED) is 0.680. The van der Waals surface area contributed by atoms with Crippen LogP contribution in [0.3, 0.4) is 0 Å². The lowest BCUT2D eigenvalue weighted by atomic mass is 10.1. The van der Waals surface area contributed by atoms with Gasteiger partial charge in [0.15, 0.2) is 0 Å². The number of aryl methyl sites for hydroxylation is 2. The summed E-state index contributed by atoms with van der Waals surface area (Å²) < 4.78 is 1.58. The smallest absolute Gasteiger partial charge is 0.264 e. The molecule has 3 aromatic rings. The molecule has 4 rings (SSSR count). The van der Waals surface area contributed by atoms with E-state index in [0.29, 0.717) is 34.7 Å². The molecule has 2 aromatic heterocycles. The van der Waals surface area contributed by atoms with Gasteiger partial charge in [0.2, 0.25) is 0 Å². The third-order valence-corrected chi connectivity index (χ3v) is 6.55. The minimum absolute atomic E-state index is 0.0160. The molecule has 3 heterocycles. The molecule has 1 aromatic carbocycles. The molecule has 1 fully saturated rings. The van der Waals surface area contributed by atoms with Crippen LogP contribution in [0.4, 0.5) is 0 Å². The fourth-order valence-electron chi connectivity index (χ4n) is 3.68. The lowest BCUT2D eigenvalue weighted by Gasteiger charge is -2.34. The monoisotopic (exact) mass is 396 g/mol. The van der Waals surface area contributed by atoms with Gasteiger partial charge in [-0.1, -0.05) is 30.3 Å². The first-order chi connectivity index (χ1) is 13.6. The van der Waals surface area contributed by atoms with E-state index < -0.39 is 0 Å². The van der Waals surface area contributed by atoms with Crippen LogP contribution in [0, 0.1) is 6.92 Å². The lowest BCUT2D eigenvalue weighted by molar-refractivity contribution is 0.0632. The fourth-order valence-corrected chi connectivity index (χ4v) is 4.79. The highest BCUT2D eigenvalue weighted by atomic mass is 32.1. The second-order valence-electron chi connectivity index (χ2n) is 7.13. The standard InChI is InChI=1S/C21H24N4O2S/c1-3-24-14-22-19-17(20(24)26)15(2)18(28-19)21(27)25-11-9-23(10-12-25)13-16-7-5-4-6-8-16/h4-8,14H,3,9-13H2,1-2H3. The van der Waals surface area contributed by atoms with Gasteiger partial charge in [0.25, 0.3) is 11.5 Å². The third-order valence-electron chi connectivity index (χ3n) is 5.36. The molecule has 0 saturated carbocycles. The summed E-state index contributed by atoms with van der Waals surface area (Å²) >= 11 is 1.33. The predicted molar refractivity (Wildman–Crippen MR) is 112 cm³/mol. The summed E-state index contributed by atoms with van der Waals surface area (Å²) in [5, 5.41) is 0.584. The second kappa shape index (κ2) is 7.85. The third kappa shape index (κ3) is 3.47. The van der Waals surface area contributed by atoms with Crippen molar-refractivity contribution in [2.75, 3.05) is 26.2 Å². The molecule has 6 nitrogen and oxygen atoms in total. The van der Waals surface area contributed by atoms with Crippen molar-refractivity contribution in [1.29, 1.82) is 0 Å². The molecule has 0 aliphatic carbocycles. The van der Waals surface area contributed by atoms with E-state index in [1.807, 2.05) is 24.8 Å². The normalized spacial score (nSPS) is 15.3. The summed E-state index contributed by atoms with van der Waals surface area (Å²) in [4.78, 5) is 35.7. The van der Waals surface area contributed by atoms with Crippen LogP contribution in [-0.2, 0) is 13.1 Å². The van der Waals surface area contributed by atoms with Crippen LogP contribution in [-0.4, -0.2) is 51.4 Å². The maximum absolute atomic E-state index is 13.1. The first-order valence-corrected chi connectivity index (χ1v) is 10.4. The Kier molecular flexibility index (Phi) is 5.28. The summed E-state index contributed by atoms with van der Waals surface area (Å²) in [7, 11) is 0. The number of thiophene rings is 1. The summed E-state index contributed by atoms with van der Waals surface area (Å²) in [5.41, 5.74) is 1.99. The number of amides is 1. The Bertz CT molecular complexity index is 1050. The number of nitrogens with zero attached hydrogens (tertiary/aromatic N) is 4. The van der Waals surface area contributed by atoms with E-state index in [2.05, 4.69) is 34.1 Å². The van der Waals surface area contributed by atoms with Crippen LogP contribution >= 0.6 is 11.3 Å². The van der Waals surface area contributed by atoms with E-state index in [0.717, 1.165) is 25.2 Å². The Hall–Kier alpha value is -2.51. The molecule has 0 spiro atoms. The Balaban J connectivity index is 1.49. The van der Waals surface area contributed by atoms with E-state index in [1.165, 1.54) is 16.9 Å². The molecule has 0 bridgehead atoms. The average Bonchev–Trinajstić information content (AvgIpc) is 3.06. The van der Waals surface area contributed by atoms with Crippen molar-refractivity contribution in [3.05, 3.63) is 63.0 Å². The number of carbonyl (C=O) groups is 1. The molecule has 0 atom stereocenters. The summed E-state index contributed by atoms with van der Waals surface area (Å²) in [6, 6.07) is 10.4. The SMILES string of the molecule is CCn1cnc2sc(C(=O)N3CCN(Cc4ccccc4)CC3)c(C)c2c1=O. The zero-order valence-electron chi connectivity index (χ0n) is 16.2. The summed E-state index contributed by atoms with van der Waals surface area (Å²) in [6.07, 6.45) is 1.57. The van der Waals surface area contributed by atoms with Gasteiger partial charge < -0.3 is 4.90 Å². The first kappa shape index (κ1) is 18.8. The summed E-state index contributed by atoms with van der Waals surface area (Å²) in [5.74, 6) is 0.0160. The lowest BCUT2D eigenvalue weighted by Crippen LogP contribution is -2.48. The molecule has 0 N–H and O–H groups in total. The molecular weight excluding hydrogens is 372 g/mol. The number of hydrogen-bond donors (Lipinski definition) is 0. The highest BCUT2D eigenvalue weighted by Crippen LogP contribution is 2.28. The van der Waals surface area contributed by atoms with Gasteiger partial charge in [0.1, 0.15) is 4.83 Å². The molecule has 1 saturated heterocycles. The van der Waals surface area contributed by atoms with E-state index >= 15 is 0 Å². The Morgan fingerprint density at radius 2 is 1.86 bits per heavy atom. The van der Waals surface area contributed by atoms with Crippen molar-refractivity contribution in [2.24, 2.45) is 0 Å². The number of carbonyl (C=O) groups excluding carboxylic acids is 1. The van der Waals surface area contributed by atoms with Crippen LogP contribution in [0.25, 0.3) is 10.2 Å². The van der Waals surface area contributed by atoms with Crippen molar-refractivity contribution in [3.63, 3.8) is 0 Å². The molecule has 1 aliphatic rings. The van der Waals surface area contributed by atoms with Crippen molar-refractivity contribution >= 4 is 27.5 Å². The number of hydrogen-bond acceptors (Lipinski definition) is 5. The molecule has 146 valence electrons. The largest absolute Gasteiger partial charge is 0.335 e. The zero-order chi connectivity index (χ0) is 19.7. The molecule has 28 heavy (non-hydrogen) atoms. The maximum Gasteiger partial charge on any atom is 0.264 e. The maximum atomic E-state index is 13.1. The van der Waals surface area contributed by atoms with Crippen LogP contribution in [0.2, 0.25) is 0 Å². The first-order valence-electron chi connectivity index (χ1n) is 9.62. The number of piperazine rings is 1. The Morgan fingerprint density at radius 3 is 2.54 bits per heavy atom. The second-order valence-corrected chi connectivity index (χ2v) is 8.13. The molecule has 1 amide bonds. The van der Waals surface area contributed by atoms with E-state index in [4.69, 9.17) is 0 Å². The molecule has 0 radical (unpaired) electrons. The zero-order valence-corrected chi connectivity index (χ0v) is 17.0. The number of aromatic nitrogens is 2. The van der Waals surface area contributed by atoms with Gasteiger partial charge in [-0.05, 0) is 25.0 Å². The Morgan fingerprint density at radius 1 is 1.14 bits per heavy atom. The highest BCUT2D eigenvalue weighted by molar-refractivity contribution is 7.20. The number of fused-ring (bicyclic) bond motifs is 1. The Labute approximate surface area is 168 Å². The summed E-state index contributed by atoms with van der Waals surface area (Å²) in [6.45, 7) is 8.36. The highest BCUT2D eigenvalue weighted by Gasteiger charge is 2.26. The number of benzene rings is 1. The van der Waals surface area contributed by atoms with Crippen LogP contribution in [0.5, 0.6) is 0 Å². The predicted octanol–water partition coefficient (Wildman–Crippen LogP) is 2.74. The molecule has 0 unspecified atom stereocenters. The minimum Gasteiger partial charge on any atom is -0.335 e. The van der Waals surface area contributed by atoms with Crippen LogP contribution < -0.4 is 5.56 Å². The van der Waals surface area contributed by atoms with Crippen LogP contribution in [0.1, 0.15) is 27.7 Å². The van der Waals surface area contributed by atoms with Crippen molar-refractivity contribution < 1.29 is 4.79 Å². The molecular formula is C21H24N4O2S. The average molecular weight is 397 g/mol. The topological polar surface area (TPSA) is 58.4 Å². The van der Waals surface area contributed by atoms with Gasteiger partial charge in [-0.25, -0.2) is 4.98 Å². The van der Waals surface area contributed by atoms with Gasteiger partial charge in [-0.2, -0.15) is 0 Å². The minimum atomic E-state index is -0.0621. The van der Waals surface area contributed by atoms with Gasteiger partial charge >= 0.3 is 0 Å². The van der Waals surface area contributed by atoms with Crippen molar-refractivity contribution in [2.45, 2.75) is 26.9 Å². The fraction of sp³-hybridized carbons (Fsp3) is 0.381. The van der Waals surface area contributed by atoms with E-state index in [9.17, 15) is 9.59 Å². The van der Waals surface area contributed by atoms with Gasteiger partial charge in [-0.15, -0.1) is 11.3 Å². The van der Waals surface area contributed by atoms with Crippen molar-refractivity contribution in [3.8, 4) is 0 Å². The molecule has 1 aliphatic heterocycles. The number of rotatable bonds is 4. The van der Waals surface area contributed by atoms with Gasteiger partial charge in [0.05, 0.1) is 16.6 Å². The van der Waals surface area contributed by atoms with Crippen LogP contribution in [0.15, 0.2) is 41.5 Å².